The van der Waals surface area contributed by atoms with E-state index >= 15 is 0 Å². The summed E-state index contributed by atoms with van der Waals surface area (Å²) >= 11 is 0. The second-order valence-corrected chi connectivity index (χ2v) is 5.15. The van der Waals surface area contributed by atoms with Gasteiger partial charge in [-0.15, -0.1) is 0 Å². The average Bonchev–Trinajstić information content (AvgIpc) is 2.43. The Kier molecular flexibility index (Phi) is 4.12. The van der Waals surface area contributed by atoms with E-state index in [1.54, 1.807) is 18.2 Å². The average molecular weight is 286 g/mol. The molecule has 110 valence electrons. The first-order chi connectivity index (χ1) is 9.90. The molecule has 0 unspecified atom stereocenters. The summed E-state index contributed by atoms with van der Waals surface area (Å²) in [6.07, 6.45) is 0. The molecule has 0 atom stereocenters. The van der Waals surface area contributed by atoms with Crippen molar-refractivity contribution >= 4 is 11.4 Å². The monoisotopic (exact) mass is 286 g/mol. The number of aryl methyl sites for hydroxylation is 3. The topological polar surface area (TPSA) is 75.4 Å². The molecule has 0 spiro atoms. The van der Waals surface area contributed by atoms with Crippen LogP contribution in [0.25, 0.3) is 0 Å². The maximum Gasteiger partial charge on any atom is 0.292 e. The molecule has 0 aromatic heterocycles. The zero-order valence-electron chi connectivity index (χ0n) is 12.3. The van der Waals surface area contributed by atoms with E-state index in [4.69, 9.17) is 0 Å². The fourth-order valence-corrected chi connectivity index (χ4v) is 2.15. The highest BCUT2D eigenvalue weighted by molar-refractivity contribution is 5.64. The first-order valence-corrected chi connectivity index (χ1v) is 6.67. The van der Waals surface area contributed by atoms with Gasteiger partial charge < -0.3 is 10.4 Å². The largest absolute Gasteiger partial charge is 0.507 e. The Labute approximate surface area is 123 Å². The lowest BCUT2D eigenvalue weighted by atomic mass is 10.1. The molecule has 2 aromatic rings. The molecular formula is C16H18N2O3. The Bertz CT molecular complexity index is 696. The Morgan fingerprint density at radius 2 is 1.81 bits per heavy atom. The van der Waals surface area contributed by atoms with E-state index in [1.165, 1.54) is 0 Å². The second kappa shape index (κ2) is 5.83. The van der Waals surface area contributed by atoms with Gasteiger partial charge in [-0.2, -0.15) is 0 Å². The number of nitrogens with zero attached hydrogens (tertiary/aromatic N) is 1. The van der Waals surface area contributed by atoms with Gasteiger partial charge in [-0.25, -0.2) is 0 Å². The lowest BCUT2D eigenvalue weighted by Gasteiger charge is -2.11. The highest BCUT2D eigenvalue weighted by atomic mass is 16.6. The molecule has 5 heteroatoms. The summed E-state index contributed by atoms with van der Waals surface area (Å²) in [6.45, 7) is 5.90. The van der Waals surface area contributed by atoms with E-state index in [9.17, 15) is 15.2 Å². The predicted molar refractivity (Wildman–Crippen MR) is 82.7 cm³/mol. The van der Waals surface area contributed by atoms with Crippen LogP contribution in [-0.2, 0) is 6.54 Å². The number of phenolic OH excluding ortho intramolecular Hbond substituents is 1. The number of benzene rings is 2. The number of hydrogen-bond acceptors (Lipinski definition) is 4. The van der Waals surface area contributed by atoms with Gasteiger partial charge in [0.15, 0.2) is 0 Å². The van der Waals surface area contributed by atoms with Crippen LogP contribution in [0.1, 0.15) is 22.3 Å². The zero-order chi connectivity index (χ0) is 15.6. The van der Waals surface area contributed by atoms with Gasteiger partial charge in [0.1, 0.15) is 11.4 Å². The maximum atomic E-state index is 11.1. The lowest BCUT2D eigenvalue weighted by molar-refractivity contribution is -0.384. The van der Waals surface area contributed by atoms with Gasteiger partial charge in [0.25, 0.3) is 5.69 Å². The molecule has 0 aliphatic heterocycles. The number of para-hydroxylation sites is 1. The Morgan fingerprint density at radius 1 is 1.14 bits per heavy atom. The Hall–Kier alpha value is -2.56. The molecule has 0 saturated carbocycles. The smallest absolute Gasteiger partial charge is 0.292 e. The highest BCUT2D eigenvalue weighted by Gasteiger charge is 2.15. The summed E-state index contributed by atoms with van der Waals surface area (Å²) in [5, 5.41) is 24.2. The fourth-order valence-electron chi connectivity index (χ4n) is 2.15. The molecule has 2 N–H and O–H groups in total. The minimum atomic E-state index is -0.398. The Balaban J connectivity index is 2.29. The summed E-state index contributed by atoms with van der Waals surface area (Å²) in [7, 11) is 0. The van der Waals surface area contributed by atoms with Gasteiger partial charge in [-0.05, 0) is 43.5 Å². The number of phenols is 1. The SMILES string of the molecule is Cc1cc(NCc2cccc(C)c2O)c([N+](=O)[O-])cc1C. The van der Waals surface area contributed by atoms with E-state index in [2.05, 4.69) is 5.32 Å². The number of anilines is 1. The standard InChI is InChI=1S/C16H18N2O3/c1-10-5-4-6-13(16(10)19)9-17-14-7-11(2)12(3)8-15(14)18(20)21/h4-8,17,19H,9H2,1-3H3. The van der Waals surface area contributed by atoms with Crippen molar-refractivity contribution in [2.45, 2.75) is 27.3 Å². The van der Waals surface area contributed by atoms with Crippen LogP contribution in [0.15, 0.2) is 30.3 Å². The maximum absolute atomic E-state index is 11.1. The lowest BCUT2D eigenvalue weighted by Crippen LogP contribution is -2.04. The molecule has 0 saturated heterocycles. The zero-order valence-corrected chi connectivity index (χ0v) is 12.3. The van der Waals surface area contributed by atoms with Crippen molar-refractivity contribution in [1.82, 2.24) is 0 Å². The number of hydrogen-bond donors (Lipinski definition) is 2. The van der Waals surface area contributed by atoms with Crippen LogP contribution < -0.4 is 5.32 Å². The molecular weight excluding hydrogens is 268 g/mol. The molecule has 5 nitrogen and oxygen atoms in total. The van der Waals surface area contributed by atoms with Crippen molar-refractivity contribution in [1.29, 1.82) is 0 Å². The van der Waals surface area contributed by atoms with E-state index in [0.29, 0.717) is 17.8 Å². The molecule has 2 aromatic carbocycles. The third-order valence-electron chi connectivity index (χ3n) is 3.60. The van der Waals surface area contributed by atoms with Crippen LogP contribution in [-0.4, -0.2) is 10.0 Å². The molecule has 0 amide bonds. The van der Waals surface area contributed by atoms with Crippen molar-refractivity contribution in [3.63, 3.8) is 0 Å². The van der Waals surface area contributed by atoms with Crippen LogP contribution >= 0.6 is 0 Å². The number of rotatable bonds is 4. The molecule has 2 rings (SSSR count). The van der Waals surface area contributed by atoms with Crippen molar-refractivity contribution in [3.8, 4) is 5.75 Å². The van der Waals surface area contributed by atoms with Gasteiger partial charge in [0.2, 0.25) is 0 Å². The molecule has 0 aliphatic carbocycles. The van der Waals surface area contributed by atoms with E-state index in [1.807, 2.05) is 32.9 Å². The first-order valence-electron chi connectivity index (χ1n) is 6.67. The molecule has 0 fully saturated rings. The van der Waals surface area contributed by atoms with Gasteiger partial charge in [-0.1, -0.05) is 18.2 Å². The van der Waals surface area contributed by atoms with Gasteiger partial charge in [-0.3, -0.25) is 10.1 Å². The molecule has 21 heavy (non-hydrogen) atoms. The number of nitro groups is 1. The van der Waals surface area contributed by atoms with E-state index in [-0.39, 0.29) is 11.4 Å². The fraction of sp³-hybridized carbons (Fsp3) is 0.250. The van der Waals surface area contributed by atoms with Crippen LogP contribution in [0.4, 0.5) is 11.4 Å². The number of nitrogens with one attached hydrogen (secondary N) is 1. The molecule has 0 heterocycles. The molecule has 0 bridgehead atoms. The number of aromatic hydroxyl groups is 1. The van der Waals surface area contributed by atoms with Crippen molar-refractivity contribution in [2.75, 3.05) is 5.32 Å². The third-order valence-corrected chi connectivity index (χ3v) is 3.60. The molecule has 0 aliphatic rings. The minimum Gasteiger partial charge on any atom is -0.507 e. The first kappa shape index (κ1) is 14.8. The summed E-state index contributed by atoms with van der Waals surface area (Å²) in [5.74, 6) is 0.219. The summed E-state index contributed by atoms with van der Waals surface area (Å²) in [6, 6.07) is 8.79. The van der Waals surface area contributed by atoms with Crippen LogP contribution in [0.2, 0.25) is 0 Å². The van der Waals surface area contributed by atoms with Crippen LogP contribution in [0.5, 0.6) is 5.75 Å². The third kappa shape index (κ3) is 3.13. The summed E-state index contributed by atoms with van der Waals surface area (Å²) < 4.78 is 0. The summed E-state index contributed by atoms with van der Waals surface area (Å²) in [5.41, 5.74) is 3.86. The van der Waals surface area contributed by atoms with Gasteiger partial charge in [0, 0.05) is 18.2 Å². The quantitative estimate of drug-likeness (QED) is 0.661. The van der Waals surface area contributed by atoms with Gasteiger partial charge >= 0.3 is 0 Å². The normalized spacial score (nSPS) is 10.4. The van der Waals surface area contributed by atoms with Crippen molar-refractivity contribution in [3.05, 3.63) is 62.7 Å². The molecule has 0 radical (unpaired) electrons. The Morgan fingerprint density at radius 3 is 2.48 bits per heavy atom. The van der Waals surface area contributed by atoms with Crippen LogP contribution in [0, 0.1) is 30.9 Å². The minimum absolute atomic E-state index is 0.0465. The van der Waals surface area contributed by atoms with Gasteiger partial charge in [0.05, 0.1) is 4.92 Å². The summed E-state index contributed by atoms with van der Waals surface area (Å²) in [4.78, 5) is 10.7. The van der Waals surface area contributed by atoms with E-state index < -0.39 is 4.92 Å². The predicted octanol–water partition coefficient (Wildman–Crippen LogP) is 3.84. The number of nitro benzene ring substituents is 1. The van der Waals surface area contributed by atoms with E-state index in [0.717, 1.165) is 16.7 Å². The van der Waals surface area contributed by atoms with Crippen molar-refractivity contribution in [2.24, 2.45) is 0 Å². The van der Waals surface area contributed by atoms with Crippen molar-refractivity contribution < 1.29 is 10.0 Å². The van der Waals surface area contributed by atoms with Crippen LogP contribution in [0.3, 0.4) is 0 Å². The highest BCUT2D eigenvalue weighted by Crippen LogP contribution is 2.29. The second-order valence-electron chi connectivity index (χ2n) is 5.15.